The van der Waals surface area contributed by atoms with Gasteiger partial charge in [-0.1, -0.05) is 6.07 Å². The summed E-state index contributed by atoms with van der Waals surface area (Å²) in [6.07, 6.45) is 2.61. The summed E-state index contributed by atoms with van der Waals surface area (Å²) in [6, 6.07) is 5.63. The molecule has 86 valence electrons. The van der Waals surface area contributed by atoms with Gasteiger partial charge >= 0.3 is 0 Å². The lowest BCUT2D eigenvalue weighted by molar-refractivity contribution is 0.0826. The highest BCUT2D eigenvalue weighted by atomic mass is 127. The van der Waals surface area contributed by atoms with Gasteiger partial charge in [-0.3, -0.25) is 4.79 Å². The molecule has 1 saturated carbocycles. The van der Waals surface area contributed by atoms with Crippen molar-refractivity contribution in [3.63, 3.8) is 0 Å². The van der Waals surface area contributed by atoms with Crippen LogP contribution in [0.25, 0.3) is 0 Å². The number of ether oxygens (including phenoxy) is 1. The first-order valence-corrected chi connectivity index (χ1v) is 6.34. The first-order valence-electron chi connectivity index (χ1n) is 5.26. The molecule has 1 aromatic carbocycles. The van der Waals surface area contributed by atoms with Gasteiger partial charge in [0.15, 0.2) is 0 Å². The van der Waals surface area contributed by atoms with Crippen LogP contribution in [0.1, 0.15) is 23.2 Å². The van der Waals surface area contributed by atoms with E-state index in [-0.39, 0.29) is 5.91 Å². The molecule has 1 amide bonds. The van der Waals surface area contributed by atoms with Crippen LogP contribution < -0.4 is 4.74 Å². The molecule has 0 unspecified atom stereocenters. The number of amides is 1. The van der Waals surface area contributed by atoms with Gasteiger partial charge in [-0.2, -0.15) is 0 Å². The van der Waals surface area contributed by atoms with Crippen LogP contribution in [0.15, 0.2) is 18.2 Å². The number of carbonyl (C=O) groups excluding carboxylic acids is 1. The molecule has 2 rings (SSSR count). The van der Waals surface area contributed by atoms with Gasteiger partial charge in [-0.05, 0) is 47.6 Å². The Bertz CT molecular complexity index is 413. The van der Waals surface area contributed by atoms with Crippen molar-refractivity contribution >= 4 is 28.5 Å². The molecule has 16 heavy (non-hydrogen) atoms. The molecule has 0 aliphatic heterocycles. The number of carbonyl (C=O) groups is 1. The van der Waals surface area contributed by atoms with Crippen LogP contribution in [0, 0.1) is 3.57 Å². The molecule has 0 aromatic heterocycles. The highest BCUT2D eigenvalue weighted by Crippen LogP contribution is 2.31. The van der Waals surface area contributed by atoms with Crippen LogP contribution in [0.4, 0.5) is 0 Å². The van der Waals surface area contributed by atoms with Crippen LogP contribution in [0.2, 0.25) is 0 Å². The number of hydrogen-bond donors (Lipinski definition) is 0. The molecule has 0 bridgehead atoms. The Hall–Kier alpha value is -0.780. The predicted octanol–water partition coefficient (Wildman–Crippen LogP) is 2.53. The Balaban J connectivity index is 2.27. The minimum Gasteiger partial charge on any atom is -0.489 e. The molecule has 0 radical (unpaired) electrons. The third-order valence-corrected chi connectivity index (χ3v) is 3.53. The van der Waals surface area contributed by atoms with Crippen molar-refractivity contribution in [2.75, 3.05) is 14.1 Å². The van der Waals surface area contributed by atoms with Crippen LogP contribution in [0.5, 0.6) is 5.75 Å². The van der Waals surface area contributed by atoms with E-state index in [1.807, 2.05) is 18.2 Å². The van der Waals surface area contributed by atoms with Crippen molar-refractivity contribution in [3.05, 3.63) is 27.3 Å². The van der Waals surface area contributed by atoms with Gasteiger partial charge in [0.1, 0.15) is 5.75 Å². The lowest BCUT2D eigenvalue weighted by atomic mass is 10.2. The van der Waals surface area contributed by atoms with Gasteiger partial charge in [0, 0.05) is 14.1 Å². The van der Waals surface area contributed by atoms with Gasteiger partial charge in [0.2, 0.25) is 0 Å². The van der Waals surface area contributed by atoms with Crippen LogP contribution in [0.3, 0.4) is 0 Å². The average molecular weight is 331 g/mol. The maximum absolute atomic E-state index is 11.9. The molecule has 0 saturated heterocycles. The Labute approximate surface area is 109 Å². The third kappa shape index (κ3) is 2.48. The first-order chi connectivity index (χ1) is 7.59. The summed E-state index contributed by atoms with van der Waals surface area (Å²) in [4.78, 5) is 13.5. The maximum Gasteiger partial charge on any atom is 0.254 e. The lowest BCUT2D eigenvalue weighted by Crippen LogP contribution is -2.22. The smallest absolute Gasteiger partial charge is 0.254 e. The van der Waals surface area contributed by atoms with E-state index >= 15 is 0 Å². The Morgan fingerprint density at radius 3 is 2.69 bits per heavy atom. The largest absolute Gasteiger partial charge is 0.489 e. The third-order valence-electron chi connectivity index (χ3n) is 2.42. The highest BCUT2D eigenvalue weighted by Gasteiger charge is 2.25. The van der Waals surface area contributed by atoms with Crippen LogP contribution >= 0.6 is 22.6 Å². The van der Waals surface area contributed by atoms with Crippen molar-refractivity contribution < 1.29 is 9.53 Å². The molecule has 4 heteroatoms. The molecule has 1 aliphatic rings. The molecule has 0 heterocycles. The quantitative estimate of drug-likeness (QED) is 0.797. The van der Waals surface area contributed by atoms with Crippen LogP contribution in [-0.2, 0) is 0 Å². The summed E-state index contributed by atoms with van der Waals surface area (Å²) in [6.45, 7) is 0. The van der Waals surface area contributed by atoms with Gasteiger partial charge < -0.3 is 9.64 Å². The molecule has 1 fully saturated rings. The van der Waals surface area contributed by atoms with E-state index in [4.69, 9.17) is 4.74 Å². The number of halogens is 1. The van der Waals surface area contributed by atoms with Crippen molar-refractivity contribution in [2.45, 2.75) is 18.9 Å². The number of nitrogens with zero attached hydrogens (tertiary/aromatic N) is 1. The maximum atomic E-state index is 11.9. The minimum absolute atomic E-state index is 0.0191. The molecule has 1 aromatic rings. The molecule has 3 nitrogen and oxygen atoms in total. The predicted molar refractivity (Wildman–Crippen MR) is 70.8 cm³/mol. The second-order valence-corrected chi connectivity index (χ2v) is 5.21. The van der Waals surface area contributed by atoms with E-state index in [1.54, 1.807) is 19.0 Å². The topological polar surface area (TPSA) is 29.5 Å². The zero-order valence-corrected chi connectivity index (χ0v) is 11.5. The fourth-order valence-corrected chi connectivity index (χ4v) is 2.09. The zero-order chi connectivity index (χ0) is 11.7. The lowest BCUT2D eigenvalue weighted by Gasteiger charge is -2.14. The van der Waals surface area contributed by atoms with Crippen molar-refractivity contribution in [3.8, 4) is 5.75 Å². The SMILES string of the molecule is CN(C)C(=O)c1cccc(OC2CC2)c1I. The highest BCUT2D eigenvalue weighted by molar-refractivity contribution is 14.1. The molecular weight excluding hydrogens is 317 g/mol. The fraction of sp³-hybridized carbons (Fsp3) is 0.417. The summed E-state index contributed by atoms with van der Waals surface area (Å²) in [5.41, 5.74) is 0.712. The van der Waals surface area contributed by atoms with Crippen molar-refractivity contribution in [2.24, 2.45) is 0 Å². The molecule has 0 spiro atoms. The Kier molecular flexibility index (Phi) is 3.37. The van der Waals surface area contributed by atoms with E-state index in [2.05, 4.69) is 22.6 Å². The van der Waals surface area contributed by atoms with E-state index in [1.165, 1.54) is 0 Å². The monoisotopic (exact) mass is 331 g/mol. The molecular formula is C12H14INO2. The number of hydrogen-bond acceptors (Lipinski definition) is 2. The average Bonchev–Trinajstić information content (AvgIpc) is 3.04. The number of rotatable bonds is 3. The van der Waals surface area contributed by atoms with Crippen LogP contribution in [-0.4, -0.2) is 31.0 Å². The van der Waals surface area contributed by atoms with E-state index in [0.29, 0.717) is 11.7 Å². The van der Waals surface area contributed by atoms with Gasteiger partial charge in [0.25, 0.3) is 5.91 Å². The van der Waals surface area contributed by atoms with E-state index < -0.39 is 0 Å². The summed E-state index contributed by atoms with van der Waals surface area (Å²) in [5, 5.41) is 0. The van der Waals surface area contributed by atoms with Gasteiger partial charge in [0.05, 0.1) is 15.2 Å². The minimum atomic E-state index is 0.0191. The second kappa shape index (κ2) is 4.61. The van der Waals surface area contributed by atoms with Gasteiger partial charge in [-0.25, -0.2) is 0 Å². The summed E-state index contributed by atoms with van der Waals surface area (Å²) >= 11 is 2.18. The second-order valence-electron chi connectivity index (χ2n) is 4.13. The molecule has 0 atom stereocenters. The van der Waals surface area contributed by atoms with Gasteiger partial charge in [-0.15, -0.1) is 0 Å². The Morgan fingerprint density at radius 2 is 2.12 bits per heavy atom. The summed E-state index contributed by atoms with van der Waals surface area (Å²) < 4.78 is 6.66. The molecule has 0 N–H and O–H groups in total. The first kappa shape index (κ1) is 11.7. The summed E-state index contributed by atoms with van der Waals surface area (Å²) in [7, 11) is 3.51. The van der Waals surface area contributed by atoms with E-state index in [9.17, 15) is 4.79 Å². The van der Waals surface area contributed by atoms with E-state index in [0.717, 1.165) is 22.2 Å². The number of benzene rings is 1. The molecule has 1 aliphatic carbocycles. The summed E-state index contributed by atoms with van der Waals surface area (Å²) in [5.74, 6) is 0.849. The van der Waals surface area contributed by atoms with Crippen molar-refractivity contribution in [1.82, 2.24) is 4.90 Å². The Morgan fingerprint density at radius 1 is 1.44 bits per heavy atom. The zero-order valence-electron chi connectivity index (χ0n) is 9.37. The normalized spacial score (nSPS) is 14.7. The standard InChI is InChI=1S/C12H14INO2/c1-14(2)12(15)9-4-3-5-10(11(9)13)16-8-6-7-8/h3-5,8H,6-7H2,1-2H3. The van der Waals surface area contributed by atoms with Crippen molar-refractivity contribution in [1.29, 1.82) is 0 Å². The fourth-order valence-electron chi connectivity index (χ4n) is 1.37.